The molecule has 0 radical (unpaired) electrons. The first-order chi connectivity index (χ1) is 19.1. The minimum atomic E-state index is -0.415. The van der Waals surface area contributed by atoms with Gasteiger partial charge in [0.05, 0.1) is 4.92 Å². The standard InChI is InChI=1S/C30H31N5O3S/c36-28(33-19-17-24(18-20-33)22-23-8-3-1-4-9-23)12-7-21-39-30-32-31-29(34(30)26-10-5-2-6-11-26)25-13-15-27(16-14-25)35(37)38/h1-6,8-11,13-16,24H,7,12,17-22H2. The molecular weight excluding hydrogens is 510 g/mol. The molecule has 8 nitrogen and oxygen atoms in total. The molecule has 5 rings (SSSR count). The molecule has 3 aromatic carbocycles. The minimum Gasteiger partial charge on any atom is -0.343 e. The van der Waals surface area contributed by atoms with Crippen molar-refractivity contribution in [2.24, 2.45) is 5.92 Å². The van der Waals surface area contributed by atoms with Gasteiger partial charge in [0.25, 0.3) is 5.69 Å². The molecule has 39 heavy (non-hydrogen) atoms. The van der Waals surface area contributed by atoms with E-state index in [0.717, 1.165) is 60.9 Å². The Hall–Kier alpha value is -3.98. The van der Waals surface area contributed by atoms with Crippen molar-refractivity contribution in [1.29, 1.82) is 0 Å². The van der Waals surface area contributed by atoms with E-state index in [2.05, 4.69) is 34.5 Å². The molecular formula is C30H31N5O3S. The van der Waals surface area contributed by atoms with Crippen molar-refractivity contribution in [2.45, 2.75) is 37.3 Å². The zero-order chi connectivity index (χ0) is 27.0. The summed E-state index contributed by atoms with van der Waals surface area (Å²) in [6.45, 7) is 1.68. The third kappa shape index (κ3) is 6.72. The van der Waals surface area contributed by atoms with Crippen LogP contribution in [-0.2, 0) is 11.2 Å². The average Bonchev–Trinajstić information content (AvgIpc) is 3.40. The Kier molecular flexibility index (Phi) is 8.68. The van der Waals surface area contributed by atoms with Gasteiger partial charge in [0, 0.05) is 48.6 Å². The lowest BCUT2D eigenvalue weighted by Gasteiger charge is -2.32. The van der Waals surface area contributed by atoms with Crippen LogP contribution in [0.1, 0.15) is 31.2 Å². The summed E-state index contributed by atoms with van der Waals surface area (Å²) >= 11 is 1.57. The number of piperidine rings is 1. The second kappa shape index (κ2) is 12.7. The molecule has 9 heteroatoms. The van der Waals surface area contributed by atoms with E-state index >= 15 is 0 Å². The molecule has 1 fully saturated rings. The molecule has 0 unspecified atom stereocenters. The Morgan fingerprint density at radius 1 is 0.923 bits per heavy atom. The van der Waals surface area contributed by atoms with Gasteiger partial charge in [-0.2, -0.15) is 0 Å². The Morgan fingerprint density at radius 2 is 1.59 bits per heavy atom. The number of amides is 1. The summed E-state index contributed by atoms with van der Waals surface area (Å²) in [6, 6.07) is 26.7. The van der Waals surface area contributed by atoms with E-state index in [9.17, 15) is 14.9 Å². The molecule has 1 aliphatic rings. The van der Waals surface area contributed by atoms with Crippen LogP contribution in [0.2, 0.25) is 0 Å². The highest BCUT2D eigenvalue weighted by Gasteiger charge is 2.23. The van der Waals surface area contributed by atoms with Crippen molar-refractivity contribution in [3.8, 4) is 17.1 Å². The summed E-state index contributed by atoms with van der Waals surface area (Å²) in [5.74, 6) is 2.22. The lowest BCUT2D eigenvalue weighted by atomic mass is 9.90. The van der Waals surface area contributed by atoms with Gasteiger partial charge < -0.3 is 4.90 Å². The van der Waals surface area contributed by atoms with Crippen LogP contribution in [0, 0.1) is 16.0 Å². The van der Waals surface area contributed by atoms with E-state index in [0.29, 0.717) is 18.2 Å². The van der Waals surface area contributed by atoms with Crippen molar-refractivity contribution in [2.75, 3.05) is 18.8 Å². The van der Waals surface area contributed by atoms with E-state index in [1.165, 1.54) is 17.7 Å². The first-order valence-corrected chi connectivity index (χ1v) is 14.3. The number of para-hydroxylation sites is 1. The van der Waals surface area contributed by atoms with Crippen molar-refractivity contribution >= 4 is 23.4 Å². The number of likely N-dealkylation sites (tertiary alicyclic amines) is 1. The fourth-order valence-electron chi connectivity index (χ4n) is 4.97. The van der Waals surface area contributed by atoms with E-state index in [1.807, 2.05) is 45.9 Å². The first-order valence-electron chi connectivity index (χ1n) is 13.3. The van der Waals surface area contributed by atoms with Crippen LogP contribution in [0.4, 0.5) is 5.69 Å². The van der Waals surface area contributed by atoms with Gasteiger partial charge in [-0.15, -0.1) is 10.2 Å². The highest BCUT2D eigenvalue weighted by Crippen LogP contribution is 2.30. The van der Waals surface area contributed by atoms with Gasteiger partial charge in [-0.1, -0.05) is 60.3 Å². The van der Waals surface area contributed by atoms with Crippen LogP contribution in [0.5, 0.6) is 0 Å². The number of hydrogen-bond acceptors (Lipinski definition) is 6. The van der Waals surface area contributed by atoms with Crippen LogP contribution < -0.4 is 0 Å². The Morgan fingerprint density at radius 3 is 2.26 bits per heavy atom. The molecule has 0 N–H and O–H groups in total. The first kappa shape index (κ1) is 26.6. The zero-order valence-electron chi connectivity index (χ0n) is 21.7. The number of carbonyl (C=O) groups is 1. The summed E-state index contributed by atoms with van der Waals surface area (Å²) in [4.78, 5) is 25.5. The number of benzene rings is 3. The number of nitrogens with zero attached hydrogens (tertiary/aromatic N) is 5. The molecule has 0 bridgehead atoms. The highest BCUT2D eigenvalue weighted by molar-refractivity contribution is 7.99. The van der Waals surface area contributed by atoms with Crippen LogP contribution in [0.25, 0.3) is 17.1 Å². The van der Waals surface area contributed by atoms with Crippen molar-refractivity contribution < 1.29 is 9.72 Å². The number of carbonyl (C=O) groups excluding carboxylic acids is 1. The van der Waals surface area contributed by atoms with Gasteiger partial charge in [-0.25, -0.2) is 0 Å². The molecule has 1 aliphatic heterocycles. The number of thioether (sulfide) groups is 1. The van der Waals surface area contributed by atoms with Crippen LogP contribution in [-0.4, -0.2) is 49.3 Å². The fraction of sp³-hybridized carbons (Fsp3) is 0.300. The maximum atomic E-state index is 12.9. The summed E-state index contributed by atoms with van der Waals surface area (Å²) in [5, 5.41) is 20.6. The molecule has 0 aliphatic carbocycles. The lowest BCUT2D eigenvalue weighted by Crippen LogP contribution is -2.38. The molecule has 1 amide bonds. The summed E-state index contributed by atoms with van der Waals surface area (Å²) in [5.41, 5.74) is 3.06. The summed E-state index contributed by atoms with van der Waals surface area (Å²) in [7, 11) is 0. The lowest BCUT2D eigenvalue weighted by molar-refractivity contribution is -0.384. The van der Waals surface area contributed by atoms with Crippen LogP contribution >= 0.6 is 11.8 Å². The van der Waals surface area contributed by atoms with Crippen LogP contribution in [0.3, 0.4) is 0 Å². The van der Waals surface area contributed by atoms with E-state index < -0.39 is 4.92 Å². The highest BCUT2D eigenvalue weighted by atomic mass is 32.2. The molecule has 1 saturated heterocycles. The largest absolute Gasteiger partial charge is 0.343 e. The Labute approximate surface area is 232 Å². The maximum absolute atomic E-state index is 12.9. The molecule has 0 saturated carbocycles. The van der Waals surface area contributed by atoms with Gasteiger partial charge in [0.1, 0.15) is 0 Å². The average molecular weight is 542 g/mol. The Balaban J connectivity index is 1.16. The quantitative estimate of drug-likeness (QED) is 0.103. The van der Waals surface area contributed by atoms with Gasteiger partial charge in [0.2, 0.25) is 5.91 Å². The van der Waals surface area contributed by atoms with Gasteiger partial charge >= 0.3 is 0 Å². The predicted molar refractivity (Wildman–Crippen MR) is 153 cm³/mol. The Bertz CT molecular complexity index is 1390. The zero-order valence-corrected chi connectivity index (χ0v) is 22.5. The number of aromatic nitrogens is 3. The number of nitro benzene ring substituents is 1. The third-order valence-corrected chi connectivity index (χ3v) is 8.10. The maximum Gasteiger partial charge on any atom is 0.269 e. The second-order valence-electron chi connectivity index (χ2n) is 9.75. The van der Waals surface area contributed by atoms with E-state index in [1.54, 1.807) is 23.9 Å². The summed E-state index contributed by atoms with van der Waals surface area (Å²) < 4.78 is 1.96. The molecule has 1 aromatic heterocycles. The predicted octanol–water partition coefficient (Wildman–Crippen LogP) is 6.20. The van der Waals surface area contributed by atoms with Crippen molar-refractivity contribution in [3.63, 3.8) is 0 Å². The molecule has 4 aromatic rings. The molecule has 0 spiro atoms. The number of hydrogen-bond donors (Lipinski definition) is 0. The fourth-order valence-corrected chi connectivity index (χ4v) is 5.86. The third-order valence-electron chi connectivity index (χ3n) is 7.08. The second-order valence-corrected chi connectivity index (χ2v) is 10.8. The van der Waals surface area contributed by atoms with Gasteiger partial charge in [-0.05, 0) is 61.4 Å². The molecule has 2 heterocycles. The van der Waals surface area contributed by atoms with Crippen LogP contribution in [0.15, 0.2) is 90.1 Å². The van der Waals surface area contributed by atoms with Crippen molar-refractivity contribution in [1.82, 2.24) is 19.7 Å². The smallest absolute Gasteiger partial charge is 0.269 e. The molecule has 200 valence electrons. The van der Waals surface area contributed by atoms with Crippen molar-refractivity contribution in [3.05, 3.63) is 101 Å². The SMILES string of the molecule is O=C(CCCSc1nnc(-c2ccc([N+](=O)[O-])cc2)n1-c1ccccc1)N1CCC(Cc2ccccc2)CC1. The van der Waals surface area contributed by atoms with E-state index in [4.69, 9.17) is 0 Å². The topological polar surface area (TPSA) is 94.2 Å². The van der Waals surface area contributed by atoms with Gasteiger partial charge in [0.15, 0.2) is 11.0 Å². The van der Waals surface area contributed by atoms with E-state index in [-0.39, 0.29) is 11.6 Å². The minimum absolute atomic E-state index is 0.0317. The van der Waals surface area contributed by atoms with Gasteiger partial charge in [-0.3, -0.25) is 19.5 Å². The number of non-ortho nitro benzene ring substituents is 1. The number of rotatable bonds is 10. The normalized spacial score (nSPS) is 13.9. The summed E-state index contributed by atoms with van der Waals surface area (Å²) in [6.07, 6.45) is 4.47. The monoisotopic (exact) mass is 541 g/mol. The number of nitro groups is 1. The molecule has 0 atom stereocenters.